The number of halogens is 2. The molecule has 1 aliphatic heterocycles. The van der Waals surface area contributed by atoms with Crippen LogP contribution in [0.3, 0.4) is 0 Å². The third kappa shape index (κ3) is 3.60. The molecule has 1 aromatic carbocycles. The number of benzene rings is 1. The van der Waals surface area contributed by atoms with Gasteiger partial charge in [-0.1, -0.05) is 0 Å². The number of carbonyl (C=O) groups is 1. The van der Waals surface area contributed by atoms with Gasteiger partial charge in [0, 0.05) is 12.8 Å². The molecule has 1 aromatic rings. The number of Topliss-reactive ketones (excluding diaryl/α,β-unsaturated/α-hetero) is 1. The number of carbonyl (C=O) groups excluding carboxylic acids is 1. The Kier molecular flexibility index (Phi) is 4.42. The van der Waals surface area contributed by atoms with Crippen LogP contribution in [-0.4, -0.2) is 18.9 Å². The summed E-state index contributed by atoms with van der Waals surface area (Å²) in [6.07, 6.45) is 2.37. The number of hydrogen-bond acceptors (Lipinski definition) is 2. The summed E-state index contributed by atoms with van der Waals surface area (Å²) in [4.78, 5) is 11.7. The molecule has 2 rings (SSSR count). The Morgan fingerprint density at radius 1 is 1.39 bits per heavy atom. The minimum Gasteiger partial charge on any atom is -0.316 e. The van der Waals surface area contributed by atoms with Crippen LogP contribution in [0.15, 0.2) is 18.2 Å². The van der Waals surface area contributed by atoms with E-state index in [0.717, 1.165) is 44.1 Å². The molecule has 1 heterocycles. The summed E-state index contributed by atoms with van der Waals surface area (Å²) in [7, 11) is 0. The predicted molar refractivity (Wildman–Crippen MR) is 65.3 cm³/mol. The maximum Gasteiger partial charge on any atom is 0.137 e. The zero-order chi connectivity index (χ0) is 13.0. The average Bonchev–Trinajstić information content (AvgIpc) is 2.84. The highest BCUT2D eigenvalue weighted by Gasteiger charge is 2.16. The Morgan fingerprint density at radius 2 is 2.22 bits per heavy atom. The Balaban J connectivity index is 1.84. The van der Waals surface area contributed by atoms with Crippen LogP contribution in [0, 0.1) is 17.6 Å². The van der Waals surface area contributed by atoms with E-state index >= 15 is 0 Å². The van der Waals surface area contributed by atoms with Gasteiger partial charge in [-0.3, -0.25) is 4.79 Å². The monoisotopic (exact) mass is 253 g/mol. The molecule has 0 saturated carbocycles. The SMILES string of the molecule is O=C(CCC1CCNC1)Cc1cc(F)ccc1F. The van der Waals surface area contributed by atoms with Crippen molar-refractivity contribution in [1.29, 1.82) is 0 Å². The van der Waals surface area contributed by atoms with Gasteiger partial charge in [0.1, 0.15) is 17.4 Å². The minimum absolute atomic E-state index is 0.0102. The molecular formula is C14H17F2NO. The van der Waals surface area contributed by atoms with Gasteiger partial charge >= 0.3 is 0 Å². The highest BCUT2D eigenvalue weighted by atomic mass is 19.1. The van der Waals surface area contributed by atoms with E-state index in [4.69, 9.17) is 0 Å². The molecule has 98 valence electrons. The first-order chi connectivity index (χ1) is 8.65. The third-order valence-corrected chi connectivity index (χ3v) is 3.39. The van der Waals surface area contributed by atoms with Gasteiger partial charge in [0.05, 0.1) is 0 Å². The molecule has 1 unspecified atom stereocenters. The van der Waals surface area contributed by atoms with E-state index in [1.807, 2.05) is 0 Å². The van der Waals surface area contributed by atoms with Crippen LogP contribution in [0.5, 0.6) is 0 Å². The normalized spacial score (nSPS) is 19.1. The fourth-order valence-corrected chi connectivity index (χ4v) is 2.31. The van der Waals surface area contributed by atoms with Crippen LogP contribution in [0.4, 0.5) is 8.78 Å². The number of nitrogens with one attached hydrogen (secondary N) is 1. The van der Waals surface area contributed by atoms with Gasteiger partial charge in [0.2, 0.25) is 0 Å². The second-order valence-corrected chi connectivity index (χ2v) is 4.85. The lowest BCUT2D eigenvalue weighted by molar-refractivity contribution is -0.118. The molecule has 0 radical (unpaired) electrons. The summed E-state index contributed by atoms with van der Waals surface area (Å²) in [6.45, 7) is 1.97. The highest BCUT2D eigenvalue weighted by molar-refractivity contribution is 5.80. The van der Waals surface area contributed by atoms with E-state index < -0.39 is 11.6 Å². The molecule has 1 saturated heterocycles. The molecule has 1 aliphatic rings. The third-order valence-electron chi connectivity index (χ3n) is 3.39. The molecule has 1 atom stereocenters. The van der Waals surface area contributed by atoms with Crippen LogP contribution < -0.4 is 5.32 Å². The lowest BCUT2D eigenvalue weighted by Gasteiger charge is -2.07. The predicted octanol–water partition coefficient (Wildman–Crippen LogP) is 2.47. The van der Waals surface area contributed by atoms with Gasteiger partial charge in [0.15, 0.2) is 0 Å². The van der Waals surface area contributed by atoms with Gasteiger partial charge in [-0.05, 0) is 55.6 Å². The molecular weight excluding hydrogens is 236 g/mol. The fraction of sp³-hybridized carbons (Fsp3) is 0.500. The quantitative estimate of drug-likeness (QED) is 0.873. The lowest BCUT2D eigenvalue weighted by atomic mass is 9.98. The van der Waals surface area contributed by atoms with E-state index in [9.17, 15) is 13.6 Å². The number of rotatable bonds is 5. The van der Waals surface area contributed by atoms with Crippen molar-refractivity contribution in [1.82, 2.24) is 5.32 Å². The second-order valence-electron chi connectivity index (χ2n) is 4.85. The summed E-state index contributed by atoms with van der Waals surface area (Å²) in [5.41, 5.74) is 0.157. The van der Waals surface area contributed by atoms with Crippen LogP contribution in [0.25, 0.3) is 0 Å². The molecule has 18 heavy (non-hydrogen) atoms. The van der Waals surface area contributed by atoms with E-state index in [1.165, 1.54) is 0 Å². The molecule has 1 N–H and O–H groups in total. The standard InChI is InChI=1S/C14H17F2NO/c15-12-2-4-14(16)11(7-12)8-13(18)3-1-10-5-6-17-9-10/h2,4,7,10,17H,1,3,5-6,8-9H2. The van der Waals surface area contributed by atoms with Gasteiger partial charge < -0.3 is 5.32 Å². The van der Waals surface area contributed by atoms with Crippen molar-refractivity contribution >= 4 is 5.78 Å². The zero-order valence-electron chi connectivity index (χ0n) is 10.2. The summed E-state index contributed by atoms with van der Waals surface area (Å²) in [5, 5.41) is 3.24. The first-order valence-electron chi connectivity index (χ1n) is 6.31. The van der Waals surface area contributed by atoms with Crippen molar-refractivity contribution in [2.24, 2.45) is 5.92 Å². The average molecular weight is 253 g/mol. The Hall–Kier alpha value is -1.29. The Morgan fingerprint density at radius 3 is 2.94 bits per heavy atom. The Labute approximate surface area is 105 Å². The van der Waals surface area contributed by atoms with Gasteiger partial charge in [0.25, 0.3) is 0 Å². The van der Waals surface area contributed by atoms with E-state index in [0.29, 0.717) is 12.3 Å². The lowest BCUT2D eigenvalue weighted by Crippen LogP contribution is -2.11. The molecule has 2 nitrogen and oxygen atoms in total. The Bertz CT molecular complexity index is 428. The number of ketones is 1. The molecule has 0 bridgehead atoms. The summed E-state index contributed by atoms with van der Waals surface area (Å²) < 4.78 is 26.3. The van der Waals surface area contributed by atoms with E-state index in [1.54, 1.807) is 0 Å². The summed E-state index contributed by atoms with van der Waals surface area (Å²) >= 11 is 0. The molecule has 0 aromatic heterocycles. The van der Waals surface area contributed by atoms with Gasteiger partial charge in [-0.25, -0.2) is 8.78 Å². The van der Waals surface area contributed by atoms with E-state index in [-0.39, 0.29) is 17.8 Å². The molecule has 0 spiro atoms. The topological polar surface area (TPSA) is 29.1 Å². The van der Waals surface area contributed by atoms with Crippen molar-refractivity contribution in [3.63, 3.8) is 0 Å². The molecule has 1 fully saturated rings. The fourth-order valence-electron chi connectivity index (χ4n) is 2.31. The van der Waals surface area contributed by atoms with Crippen LogP contribution in [0.1, 0.15) is 24.8 Å². The molecule has 0 amide bonds. The van der Waals surface area contributed by atoms with Crippen molar-refractivity contribution < 1.29 is 13.6 Å². The van der Waals surface area contributed by atoms with Crippen LogP contribution in [-0.2, 0) is 11.2 Å². The molecule has 4 heteroatoms. The largest absolute Gasteiger partial charge is 0.316 e. The first-order valence-corrected chi connectivity index (χ1v) is 6.31. The van der Waals surface area contributed by atoms with E-state index in [2.05, 4.69) is 5.32 Å². The van der Waals surface area contributed by atoms with Crippen LogP contribution in [0.2, 0.25) is 0 Å². The van der Waals surface area contributed by atoms with Crippen LogP contribution >= 0.6 is 0 Å². The summed E-state index contributed by atoms with van der Waals surface area (Å²) in [5.74, 6) is -0.482. The van der Waals surface area contributed by atoms with Gasteiger partial charge in [-0.2, -0.15) is 0 Å². The van der Waals surface area contributed by atoms with Gasteiger partial charge in [-0.15, -0.1) is 0 Å². The summed E-state index contributed by atoms with van der Waals surface area (Å²) in [6, 6.07) is 3.23. The maximum absolute atomic E-state index is 13.3. The van der Waals surface area contributed by atoms with Crippen molar-refractivity contribution in [2.75, 3.05) is 13.1 Å². The second kappa shape index (κ2) is 6.05. The van der Waals surface area contributed by atoms with Crippen molar-refractivity contribution in [2.45, 2.75) is 25.7 Å². The smallest absolute Gasteiger partial charge is 0.137 e. The maximum atomic E-state index is 13.3. The number of hydrogen-bond donors (Lipinski definition) is 1. The molecule has 0 aliphatic carbocycles. The van der Waals surface area contributed by atoms with Crippen molar-refractivity contribution in [3.8, 4) is 0 Å². The first kappa shape index (κ1) is 13.1. The zero-order valence-corrected chi connectivity index (χ0v) is 10.2. The minimum atomic E-state index is -0.507. The van der Waals surface area contributed by atoms with Crippen molar-refractivity contribution in [3.05, 3.63) is 35.4 Å². The highest BCUT2D eigenvalue weighted by Crippen LogP contribution is 2.16.